The van der Waals surface area contributed by atoms with Gasteiger partial charge in [0, 0.05) is 31.9 Å². The van der Waals surface area contributed by atoms with E-state index in [2.05, 4.69) is 27.3 Å². The summed E-state index contributed by atoms with van der Waals surface area (Å²) in [4.78, 5) is 18.3. The van der Waals surface area contributed by atoms with E-state index in [1.807, 2.05) is 24.3 Å². The van der Waals surface area contributed by atoms with Crippen molar-refractivity contribution in [1.82, 2.24) is 4.90 Å². The number of rotatable bonds is 2. The van der Waals surface area contributed by atoms with E-state index in [0.717, 1.165) is 11.4 Å². The molecule has 0 bridgehead atoms. The summed E-state index contributed by atoms with van der Waals surface area (Å²) in [6, 6.07) is 7.67. The molecule has 0 aliphatic carbocycles. The van der Waals surface area contributed by atoms with E-state index in [-0.39, 0.29) is 0 Å². The molecule has 1 saturated heterocycles. The van der Waals surface area contributed by atoms with Crippen LogP contribution in [0.15, 0.2) is 29.3 Å². The predicted molar refractivity (Wildman–Crippen MR) is 72.9 cm³/mol. The Labute approximate surface area is 110 Å². The van der Waals surface area contributed by atoms with Crippen LogP contribution in [0.4, 0.5) is 16.2 Å². The summed E-state index contributed by atoms with van der Waals surface area (Å²) >= 11 is 4.54. The molecular formula is C12H13N3O2S. The standard InChI is InChI=1S/C12H13N3O2S/c16-12(17)15-7-5-14(6-8-15)11-3-1-10(2-4-11)13-9-18/h1-4H,5-8H2,(H,16,17). The normalized spacial score (nSPS) is 15.1. The quantitative estimate of drug-likeness (QED) is 0.656. The molecule has 2 rings (SSSR count). The number of nitrogens with zero attached hydrogens (tertiary/aromatic N) is 3. The number of amides is 1. The second-order valence-electron chi connectivity index (χ2n) is 3.98. The lowest BCUT2D eigenvalue weighted by Gasteiger charge is -2.34. The lowest BCUT2D eigenvalue weighted by Crippen LogP contribution is -2.48. The molecule has 0 spiro atoms. The van der Waals surface area contributed by atoms with Crippen molar-refractivity contribution >= 4 is 34.8 Å². The Bertz CT molecular complexity index is 475. The number of carboxylic acid groups (broad SMARTS) is 1. The number of thiocarbonyl (C=S) groups is 1. The third kappa shape index (κ3) is 2.85. The largest absolute Gasteiger partial charge is 0.465 e. The first-order valence-corrected chi connectivity index (χ1v) is 6.02. The molecule has 18 heavy (non-hydrogen) atoms. The van der Waals surface area contributed by atoms with Gasteiger partial charge in [0.15, 0.2) is 0 Å². The fraction of sp³-hybridized carbons (Fsp3) is 0.333. The molecule has 1 amide bonds. The minimum Gasteiger partial charge on any atom is -0.465 e. The van der Waals surface area contributed by atoms with Crippen LogP contribution in [0.5, 0.6) is 0 Å². The van der Waals surface area contributed by atoms with Crippen LogP contribution >= 0.6 is 12.2 Å². The second kappa shape index (κ2) is 5.62. The SMILES string of the molecule is O=C(O)N1CCN(c2ccc(N=C=S)cc2)CC1. The molecule has 1 heterocycles. The molecule has 1 aromatic rings. The fourth-order valence-corrected chi connectivity index (χ4v) is 2.05. The van der Waals surface area contributed by atoms with Gasteiger partial charge in [-0.25, -0.2) is 4.79 Å². The fourth-order valence-electron chi connectivity index (χ4n) is 1.95. The average molecular weight is 263 g/mol. The third-order valence-corrected chi connectivity index (χ3v) is 3.03. The summed E-state index contributed by atoms with van der Waals surface area (Å²) in [6.45, 7) is 2.49. The highest BCUT2D eigenvalue weighted by atomic mass is 32.1. The highest BCUT2D eigenvalue weighted by Crippen LogP contribution is 2.20. The highest BCUT2D eigenvalue weighted by Gasteiger charge is 2.20. The monoisotopic (exact) mass is 263 g/mol. The molecule has 1 aromatic carbocycles. The van der Waals surface area contributed by atoms with Crippen molar-refractivity contribution in [1.29, 1.82) is 0 Å². The summed E-state index contributed by atoms with van der Waals surface area (Å²) in [5.41, 5.74) is 1.85. The molecule has 1 aliphatic heterocycles. The van der Waals surface area contributed by atoms with Crippen molar-refractivity contribution in [3.05, 3.63) is 24.3 Å². The Hall–Kier alpha value is -1.91. The van der Waals surface area contributed by atoms with Crippen molar-refractivity contribution in [2.45, 2.75) is 0 Å². The minimum atomic E-state index is -0.847. The highest BCUT2D eigenvalue weighted by molar-refractivity contribution is 7.78. The smallest absolute Gasteiger partial charge is 0.407 e. The summed E-state index contributed by atoms with van der Waals surface area (Å²) in [7, 11) is 0. The van der Waals surface area contributed by atoms with Gasteiger partial charge in [-0.3, -0.25) is 0 Å². The molecule has 5 nitrogen and oxygen atoms in total. The number of hydrogen-bond donors (Lipinski definition) is 1. The van der Waals surface area contributed by atoms with Crippen molar-refractivity contribution in [3.63, 3.8) is 0 Å². The van der Waals surface area contributed by atoms with Crippen LogP contribution in [0, 0.1) is 0 Å². The van der Waals surface area contributed by atoms with Crippen LogP contribution in [0.3, 0.4) is 0 Å². The van der Waals surface area contributed by atoms with E-state index in [0.29, 0.717) is 26.2 Å². The van der Waals surface area contributed by atoms with Gasteiger partial charge in [-0.05, 0) is 36.5 Å². The predicted octanol–water partition coefficient (Wildman–Crippen LogP) is 2.22. The van der Waals surface area contributed by atoms with E-state index in [1.165, 1.54) is 4.90 Å². The molecule has 1 fully saturated rings. The van der Waals surface area contributed by atoms with E-state index in [9.17, 15) is 4.79 Å². The molecule has 1 aliphatic rings. The molecule has 0 atom stereocenters. The zero-order valence-electron chi connectivity index (χ0n) is 9.74. The summed E-state index contributed by atoms with van der Waals surface area (Å²) in [5, 5.41) is 11.2. The molecule has 0 saturated carbocycles. The molecule has 0 aromatic heterocycles. The first-order valence-electron chi connectivity index (χ1n) is 5.61. The van der Waals surface area contributed by atoms with Crippen LogP contribution in [0.1, 0.15) is 0 Å². The molecule has 6 heteroatoms. The Balaban J connectivity index is 2.01. The van der Waals surface area contributed by atoms with Crippen LogP contribution in [0.2, 0.25) is 0 Å². The van der Waals surface area contributed by atoms with Crippen molar-refractivity contribution < 1.29 is 9.90 Å². The lowest BCUT2D eigenvalue weighted by molar-refractivity contribution is 0.142. The van der Waals surface area contributed by atoms with Crippen molar-refractivity contribution in [2.24, 2.45) is 4.99 Å². The first-order chi connectivity index (χ1) is 8.70. The van der Waals surface area contributed by atoms with Gasteiger partial charge in [0.2, 0.25) is 0 Å². The topological polar surface area (TPSA) is 56.1 Å². The van der Waals surface area contributed by atoms with E-state index in [1.54, 1.807) is 0 Å². The van der Waals surface area contributed by atoms with E-state index >= 15 is 0 Å². The van der Waals surface area contributed by atoms with Gasteiger partial charge in [0.25, 0.3) is 0 Å². The van der Waals surface area contributed by atoms with Gasteiger partial charge in [-0.15, -0.1) is 0 Å². The van der Waals surface area contributed by atoms with Crippen LogP contribution in [-0.4, -0.2) is 47.4 Å². The van der Waals surface area contributed by atoms with Gasteiger partial charge >= 0.3 is 6.09 Å². The van der Waals surface area contributed by atoms with Crippen molar-refractivity contribution in [3.8, 4) is 0 Å². The Morgan fingerprint density at radius 1 is 1.22 bits per heavy atom. The van der Waals surface area contributed by atoms with E-state index < -0.39 is 6.09 Å². The number of carbonyl (C=O) groups is 1. The van der Waals surface area contributed by atoms with Gasteiger partial charge in [0.1, 0.15) is 0 Å². The number of piperazine rings is 1. The lowest BCUT2D eigenvalue weighted by atomic mass is 10.2. The number of benzene rings is 1. The third-order valence-electron chi connectivity index (χ3n) is 2.94. The molecule has 1 N–H and O–H groups in total. The Kier molecular flexibility index (Phi) is 3.92. The molecule has 0 unspecified atom stereocenters. The maximum atomic E-state index is 10.8. The Morgan fingerprint density at radius 2 is 1.83 bits per heavy atom. The number of isothiocyanates is 1. The average Bonchev–Trinajstić information content (AvgIpc) is 2.40. The summed E-state index contributed by atoms with van der Waals surface area (Å²) in [6.07, 6.45) is -0.847. The van der Waals surface area contributed by atoms with Gasteiger partial charge < -0.3 is 14.9 Å². The number of anilines is 1. The van der Waals surface area contributed by atoms with Gasteiger partial charge in [-0.1, -0.05) is 0 Å². The number of hydrogen-bond acceptors (Lipinski definition) is 4. The first kappa shape index (κ1) is 12.5. The molecule has 94 valence electrons. The summed E-state index contributed by atoms with van der Waals surface area (Å²) in [5.74, 6) is 0. The zero-order chi connectivity index (χ0) is 13.0. The maximum Gasteiger partial charge on any atom is 0.407 e. The second-order valence-corrected chi connectivity index (χ2v) is 4.16. The molecular weight excluding hydrogens is 250 g/mol. The zero-order valence-corrected chi connectivity index (χ0v) is 10.6. The number of aliphatic imine (C=N–C) groups is 1. The van der Waals surface area contributed by atoms with E-state index in [4.69, 9.17) is 5.11 Å². The molecule has 0 radical (unpaired) electrons. The maximum absolute atomic E-state index is 10.8. The minimum absolute atomic E-state index is 0.537. The van der Waals surface area contributed by atoms with Gasteiger partial charge in [0.05, 0.1) is 10.8 Å². The Morgan fingerprint density at radius 3 is 2.33 bits per heavy atom. The van der Waals surface area contributed by atoms with Crippen LogP contribution in [-0.2, 0) is 0 Å². The van der Waals surface area contributed by atoms with Gasteiger partial charge in [-0.2, -0.15) is 4.99 Å². The summed E-state index contributed by atoms with van der Waals surface area (Å²) < 4.78 is 0. The van der Waals surface area contributed by atoms with Crippen LogP contribution < -0.4 is 4.90 Å². The van der Waals surface area contributed by atoms with Crippen molar-refractivity contribution in [2.75, 3.05) is 31.1 Å². The van der Waals surface area contributed by atoms with Crippen LogP contribution in [0.25, 0.3) is 0 Å².